The summed E-state index contributed by atoms with van der Waals surface area (Å²) in [5, 5.41) is 0. The lowest BCUT2D eigenvalue weighted by atomic mass is 10.0. The van der Waals surface area contributed by atoms with Crippen LogP contribution in [0.1, 0.15) is 155 Å². The van der Waals surface area contributed by atoms with E-state index in [0.29, 0.717) is 26.1 Å². The molecule has 0 aliphatic rings. The summed E-state index contributed by atoms with van der Waals surface area (Å²) < 4.78 is 10.4. The molecule has 0 aliphatic heterocycles. The molecule has 32 heavy (non-hydrogen) atoms. The molecule has 0 aliphatic carbocycles. The molecule has 190 valence electrons. The highest BCUT2D eigenvalue weighted by Gasteiger charge is 2.04. The minimum Gasteiger partial charge on any atom is -0.466 e. The van der Waals surface area contributed by atoms with Crippen molar-refractivity contribution in [3.05, 3.63) is 0 Å². The van der Waals surface area contributed by atoms with Gasteiger partial charge in [-0.15, -0.1) is 0 Å². The van der Waals surface area contributed by atoms with Gasteiger partial charge in [0.05, 0.1) is 13.2 Å². The van der Waals surface area contributed by atoms with Crippen molar-refractivity contribution in [2.45, 2.75) is 155 Å². The minimum atomic E-state index is -0.108. The molecule has 0 aromatic carbocycles. The Hall–Kier alpha value is -1.06. The maximum absolute atomic E-state index is 11.8. The van der Waals surface area contributed by atoms with Crippen LogP contribution in [-0.4, -0.2) is 25.2 Å². The second-order valence-corrected chi connectivity index (χ2v) is 9.30. The van der Waals surface area contributed by atoms with E-state index in [0.717, 1.165) is 44.9 Å². The van der Waals surface area contributed by atoms with Gasteiger partial charge in [-0.05, 0) is 25.7 Å². The summed E-state index contributed by atoms with van der Waals surface area (Å²) in [6, 6.07) is 0. The van der Waals surface area contributed by atoms with Crippen LogP contribution in [0.2, 0.25) is 0 Å². The molecule has 0 atom stereocenters. The van der Waals surface area contributed by atoms with Crippen molar-refractivity contribution in [3.8, 4) is 0 Å². The molecule has 0 bridgehead atoms. The topological polar surface area (TPSA) is 52.6 Å². The molecule has 0 unspecified atom stereocenters. The zero-order chi connectivity index (χ0) is 23.5. The number of ether oxygens (including phenoxy) is 2. The lowest BCUT2D eigenvalue weighted by molar-refractivity contribution is -0.146. The monoisotopic (exact) mass is 454 g/mol. The molecule has 0 saturated carbocycles. The molecule has 0 N–H and O–H groups in total. The molecule has 4 nitrogen and oxygen atoms in total. The molecular formula is C28H54O4. The van der Waals surface area contributed by atoms with E-state index >= 15 is 0 Å². The molecule has 0 rings (SSSR count). The molecule has 0 fully saturated rings. The van der Waals surface area contributed by atoms with Crippen LogP contribution in [-0.2, 0) is 19.1 Å². The van der Waals surface area contributed by atoms with Gasteiger partial charge in [-0.25, -0.2) is 0 Å². The van der Waals surface area contributed by atoms with Crippen molar-refractivity contribution >= 4 is 11.9 Å². The highest BCUT2D eigenvalue weighted by Crippen LogP contribution is 2.14. The summed E-state index contributed by atoms with van der Waals surface area (Å²) in [6.45, 7) is 5.26. The first kappa shape index (κ1) is 30.9. The number of rotatable bonds is 25. The SMILES string of the molecule is CCCCCCCCCCCCCCCCCC(=O)OCCCCOC(=O)CCCCC. The van der Waals surface area contributed by atoms with Crippen LogP contribution in [0.4, 0.5) is 0 Å². The van der Waals surface area contributed by atoms with E-state index in [2.05, 4.69) is 13.8 Å². The average Bonchev–Trinajstić information content (AvgIpc) is 2.79. The number of hydrogen-bond donors (Lipinski definition) is 0. The van der Waals surface area contributed by atoms with E-state index in [1.54, 1.807) is 0 Å². The Morgan fingerprint density at radius 2 is 0.688 bits per heavy atom. The third kappa shape index (κ3) is 25.2. The van der Waals surface area contributed by atoms with Crippen molar-refractivity contribution < 1.29 is 19.1 Å². The Balaban J connectivity index is 3.21. The highest BCUT2D eigenvalue weighted by molar-refractivity contribution is 5.69. The fourth-order valence-corrected chi connectivity index (χ4v) is 3.88. The van der Waals surface area contributed by atoms with E-state index in [-0.39, 0.29) is 11.9 Å². The fraction of sp³-hybridized carbons (Fsp3) is 0.929. The Bertz CT molecular complexity index is 408. The Kier molecular flexibility index (Phi) is 25.3. The van der Waals surface area contributed by atoms with Gasteiger partial charge in [-0.3, -0.25) is 9.59 Å². The second-order valence-electron chi connectivity index (χ2n) is 9.30. The average molecular weight is 455 g/mol. The van der Waals surface area contributed by atoms with Crippen molar-refractivity contribution in [2.75, 3.05) is 13.2 Å². The number of hydrogen-bond acceptors (Lipinski definition) is 4. The normalized spacial score (nSPS) is 10.9. The van der Waals surface area contributed by atoms with E-state index in [9.17, 15) is 9.59 Å². The largest absolute Gasteiger partial charge is 0.466 e. The number of carbonyl (C=O) groups is 2. The first-order valence-electron chi connectivity index (χ1n) is 14.0. The van der Waals surface area contributed by atoms with Crippen LogP contribution in [0.25, 0.3) is 0 Å². The summed E-state index contributed by atoms with van der Waals surface area (Å²) >= 11 is 0. The second kappa shape index (κ2) is 26.2. The maximum atomic E-state index is 11.8. The number of unbranched alkanes of at least 4 members (excludes halogenated alkanes) is 17. The van der Waals surface area contributed by atoms with E-state index in [1.165, 1.54) is 83.5 Å². The molecular weight excluding hydrogens is 400 g/mol. The van der Waals surface area contributed by atoms with Gasteiger partial charge in [-0.2, -0.15) is 0 Å². The van der Waals surface area contributed by atoms with Crippen molar-refractivity contribution in [1.82, 2.24) is 0 Å². The summed E-state index contributed by atoms with van der Waals surface area (Å²) in [5.74, 6) is -0.195. The van der Waals surface area contributed by atoms with Gasteiger partial charge < -0.3 is 9.47 Å². The van der Waals surface area contributed by atoms with Gasteiger partial charge in [0.2, 0.25) is 0 Å². The molecule has 0 amide bonds. The smallest absolute Gasteiger partial charge is 0.305 e. The van der Waals surface area contributed by atoms with Crippen molar-refractivity contribution in [1.29, 1.82) is 0 Å². The van der Waals surface area contributed by atoms with Crippen molar-refractivity contribution in [3.63, 3.8) is 0 Å². The predicted octanol–water partition coefficient (Wildman–Crippen LogP) is 8.69. The Labute approximate surface area is 199 Å². The molecule has 0 heterocycles. The van der Waals surface area contributed by atoms with E-state index < -0.39 is 0 Å². The minimum absolute atomic E-state index is 0.0868. The van der Waals surface area contributed by atoms with Gasteiger partial charge in [-0.1, -0.05) is 117 Å². The van der Waals surface area contributed by atoms with Crippen LogP contribution in [0.15, 0.2) is 0 Å². The van der Waals surface area contributed by atoms with Crippen LogP contribution >= 0.6 is 0 Å². The van der Waals surface area contributed by atoms with Crippen LogP contribution in [0, 0.1) is 0 Å². The van der Waals surface area contributed by atoms with Gasteiger partial charge >= 0.3 is 11.9 Å². The third-order valence-corrected chi connectivity index (χ3v) is 6.03. The first-order valence-corrected chi connectivity index (χ1v) is 14.0. The maximum Gasteiger partial charge on any atom is 0.305 e. The fourth-order valence-electron chi connectivity index (χ4n) is 3.88. The van der Waals surface area contributed by atoms with Gasteiger partial charge in [0.25, 0.3) is 0 Å². The predicted molar refractivity (Wildman–Crippen MR) is 135 cm³/mol. The van der Waals surface area contributed by atoms with Crippen LogP contribution < -0.4 is 0 Å². The van der Waals surface area contributed by atoms with Gasteiger partial charge in [0.1, 0.15) is 0 Å². The van der Waals surface area contributed by atoms with Gasteiger partial charge in [0, 0.05) is 12.8 Å². The van der Waals surface area contributed by atoms with Gasteiger partial charge in [0.15, 0.2) is 0 Å². The number of esters is 2. The van der Waals surface area contributed by atoms with Crippen LogP contribution in [0.3, 0.4) is 0 Å². The molecule has 4 heteroatoms. The molecule has 0 aromatic rings. The van der Waals surface area contributed by atoms with Crippen molar-refractivity contribution in [2.24, 2.45) is 0 Å². The zero-order valence-corrected chi connectivity index (χ0v) is 21.6. The quantitative estimate of drug-likeness (QED) is 0.102. The first-order chi connectivity index (χ1) is 15.7. The summed E-state index contributed by atoms with van der Waals surface area (Å²) in [5.41, 5.74) is 0. The van der Waals surface area contributed by atoms with E-state index in [1.807, 2.05) is 0 Å². The summed E-state index contributed by atoms with van der Waals surface area (Å²) in [6.07, 6.45) is 25.6. The lowest BCUT2D eigenvalue weighted by Gasteiger charge is -2.06. The number of carbonyl (C=O) groups excluding carboxylic acids is 2. The molecule has 0 radical (unpaired) electrons. The molecule has 0 saturated heterocycles. The molecule has 0 spiro atoms. The molecule has 0 aromatic heterocycles. The third-order valence-electron chi connectivity index (χ3n) is 6.03. The summed E-state index contributed by atoms with van der Waals surface area (Å²) in [7, 11) is 0. The Morgan fingerprint density at radius 1 is 0.406 bits per heavy atom. The Morgan fingerprint density at radius 3 is 1.06 bits per heavy atom. The van der Waals surface area contributed by atoms with Crippen LogP contribution in [0.5, 0.6) is 0 Å². The zero-order valence-electron chi connectivity index (χ0n) is 21.6. The summed E-state index contributed by atoms with van der Waals surface area (Å²) in [4.78, 5) is 23.2. The highest BCUT2D eigenvalue weighted by atomic mass is 16.5. The lowest BCUT2D eigenvalue weighted by Crippen LogP contribution is -2.08. The standard InChI is InChI=1S/C28H54O4/c1-3-5-7-8-9-10-11-12-13-14-15-16-17-18-20-24-28(30)32-26-22-21-25-31-27(29)23-19-6-4-2/h3-26H2,1-2H3. The van der Waals surface area contributed by atoms with E-state index in [4.69, 9.17) is 9.47 Å².